The Hall–Kier alpha value is -1.22. The summed E-state index contributed by atoms with van der Waals surface area (Å²) in [6.45, 7) is 9.53. The fraction of sp³-hybridized carbons (Fsp3) is 0.611. The predicted octanol–water partition coefficient (Wildman–Crippen LogP) is 4.92. The second-order valence-electron chi connectivity index (χ2n) is 7.58. The number of rotatable bonds is 2. The van der Waals surface area contributed by atoms with E-state index in [2.05, 4.69) is 19.1 Å². The van der Waals surface area contributed by atoms with E-state index >= 15 is 0 Å². The van der Waals surface area contributed by atoms with E-state index in [0.29, 0.717) is 0 Å². The smallest absolute Gasteiger partial charge is 0.410 e. The van der Waals surface area contributed by atoms with Crippen LogP contribution in [0.5, 0.6) is 0 Å². The highest BCUT2D eigenvalue weighted by molar-refractivity contribution is 6.30. The first-order valence-corrected chi connectivity index (χ1v) is 8.27. The van der Waals surface area contributed by atoms with Crippen molar-refractivity contribution >= 4 is 17.7 Å². The maximum atomic E-state index is 12.1. The van der Waals surface area contributed by atoms with Crippen LogP contribution in [0, 0.1) is 5.41 Å². The average Bonchev–Trinajstić information content (AvgIpc) is 2.40. The van der Waals surface area contributed by atoms with E-state index in [-0.39, 0.29) is 11.5 Å². The van der Waals surface area contributed by atoms with Crippen LogP contribution in [0.1, 0.15) is 46.1 Å². The topological polar surface area (TPSA) is 29.5 Å². The Balaban J connectivity index is 1.90. The lowest BCUT2D eigenvalue weighted by Crippen LogP contribution is -2.45. The van der Waals surface area contributed by atoms with Crippen molar-refractivity contribution in [2.75, 3.05) is 13.1 Å². The van der Waals surface area contributed by atoms with Gasteiger partial charge in [0.25, 0.3) is 0 Å². The summed E-state index contributed by atoms with van der Waals surface area (Å²) < 4.78 is 5.45. The fourth-order valence-corrected chi connectivity index (χ4v) is 2.95. The van der Waals surface area contributed by atoms with Crippen molar-refractivity contribution in [1.29, 1.82) is 0 Å². The van der Waals surface area contributed by atoms with Gasteiger partial charge in [0.15, 0.2) is 0 Å². The number of benzene rings is 1. The minimum atomic E-state index is -0.429. The normalized spacial score (nSPS) is 18.1. The van der Waals surface area contributed by atoms with Gasteiger partial charge < -0.3 is 9.64 Å². The van der Waals surface area contributed by atoms with E-state index in [0.717, 1.165) is 37.4 Å². The molecule has 0 unspecified atom stereocenters. The van der Waals surface area contributed by atoms with Crippen LogP contribution in [0.25, 0.3) is 0 Å². The maximum absolute atomic E-state index is 12.1. The molecule has 0 atom stereocenters. The summed E-state index contributed by atoms with van der Waals surface area (Å²) in [7, 11) is 0. The van der Waals surface area contributed by atoms with Gasteiger partial charge in [0.2, 0.25) is 0 Å². The summed E-state index contributed by atoms with van der Waals surface area (Å²) in [5.74, 6) is 0. The molecule has 1 aliphatic rings. The lowest BCUT2D eigenvalue weighted by molar-refractivity contribution is 0.0119. The molecule has 1 fully saturated rings. The van der Waals surface area contributed by atoms with Gasteiger partial charge in [-0.05, 0) is 63.1 Å². The van der Waals surface area contributed by atoms with Gasteiger partial charge in [-0.25, -0.2) is 4.79 Å². The Labute approximate surface area is 138 Å². The number of amides is 1. The van der Waals surface area contributed by atoms with E-state index in [1.165, 1.54) is 5.56 Å². The third kappa shape index (κ3) is 4.91. The molecule has 0 N–H and O–H groups in total. The highest BCUT2D eigenvalue weighted by Crippen LogP contribution is 2.35. The minimum Gasteiger partial charge on any atom is -0.444 e. The molecule has 1 aliphatic heterocycles. The molecule has 1 saturated heterocycles. The van der Waals surface area contributed by atoms with Crippen molar-refractivity contribution in [2.24, 2.45) is 5.41 Å². The minimum absolute atomic E-state index is 0.193. The Bertz CT molecular complexity index is 511. The summed E-state index contributed by atoms with van der Waals surface area (Å²) in [4.78, 5) is 13.9. The Morgan fingerprint density at radius 1 is 1.23 bits per heavy atom. The monoisotopic (exact) mass is 323 g/mol. The summed E-state index contributed by atoms with van der Waals surface area (Å²) in [6, 6.07) is 8.06. The molecular weight excluding hydrogens is 298 g/mol. The molecule has 0 aliphatic carbocycles. The van der Waals surface area contributed by atoms with Crippen molar-refractivity contribution in [1.82, 2.24) is 4.90 Å². The van der Waals surface area contributed by atoms with Crippen LogP contribution in [-0.2, 0) is 11.2 Å². The van der Waals surface area contributed by atoms with E-state index in [9.17, 15) is 4.79 Å². The molecule has 1 aromatic carbocycles. The number of carbonyl (C=O) groups is 1. The van der Waals surface area contributed by atoms with Crippen molar-refractivity contribution < 1.29 is 9.53 Å². The molecule has 122 valence electrons. The van der Waals surface area contributed by atoms with Gasteiger partial charge in [0.1, 0.15) is 5.60 Å². The highest BCUT2D eigenvalue weighted by atomic mass is 35.5. The quantitative estimate of drug-likeness (QED) is 0.773. The van der Waals surface area contributed by atoms with Gasteiger partial charge in [0.05, 0.1) is 0 Å². The lowest BCUT2D eigenvalue weighted by Gasteiger charge is -2.40. The second kappa shape index (κ2) is 6.49. The molecule has 2 rings (SSSR count). The molecule has 1 amide bonds. The van der Waals surface area contributed by atoms with Crippen LogP contribution in [0.3, 0.4) is 0 Å². The van der Waals surface area contributed by atoms with Gasteiger partial charge in [-0.2, -0.15) is 0 Å². The van der Waals surface area contributed by atoms with E-state index in [1.54, 1.807) is 0 Å². The zero-order valence-corrected chi connectivity index (χ0v) is 14.7. The second-order valence-corrected chi connectivity index (χ2v) is 8.02. The maximum Gasteiger partial charge on any atom is 0.410 e. The number of halogens is 1. The standard InChI is InChI=1S/C18H26ClNO2/c1-17(2,3)22-16(21)20-11-9-18(4,10-12-20)13-14-5-7-15(19)8-6-14/h5-8H,9-13H2,1-4H3. The number of hydrogen-bond donors (Lipinski definition) is 0. The average molecular weight is 324 g/mol. The first kappa shape index (κ1) is 17.1. The fourth-order valence-electron chi connectivity index (χ4n) is 2.83. The third-order valence-electron chi connectivity index (χ3n) is 4.17. The molecule has 0 bridgehead atoms. The van der Waals surface area contributed by atoms with Crippen LogP contribution in [0.4, 0.5) is 4.79 Å². The van der Waals surface area contributed by atoms with Crippen molar-refractivity contribution in [3.05, 3.63) is 34.9 Å². The number of piperidine rings is 1. The van der Waals surface area contributed by atoms with Gasteiger partial charge in [-0.3, -0.25) is 0 Å². The summed E-state index contributed by atoms with van der Waals surface area (Å²) in [5.41, 5.74) is 1.10. The van der Waals surface area contributed by atoms with Crippen molar-refractivity contribution in [3.8, 4) is 0 Å². The molecule has 0 spiro atoms. The van der Waals surface area contributed by atoms with Crippen LogP contribution in [-0.4, -0.2) is 29.7 Å². The molecule has 0 saturated carbocycles. The first-order chi connectivity index (χ1) is 10.2. The number of nitrogens with zero attached hydrogens (tertiary/aromatic N) is 1. The first-order valence-electron chi connectivity index (χ1n) is 7.89. The van der Waals surface area contributed by atoms with Crippen LogP contribution in [0.2, 0.25) is 5.02 Å². The zero-order valence-electron chi connectivity index (χ0n) is 14.0. The molecule has 0 radical (unpaired) electrons. The Morgan fingerprint density at radius 2 is 1.77 bits per heavy atom. The molecule has 3 nitrogen and oxygen atoms in total. The molecule has 1 aromatic rings. The lowest BCUT2D eigenvalue weighted by atomic mass is 9.75. The molecule has 1 heterocycles. The summed E-state index contributed by atoms with van der Waals surface area (Å²) >= 11 is 5.94. The summed E-state index contributed by atoms with van der Waals surface area (Å²) in [6.07, 6.45) is 2.82. The van der Waals surface area contributed by atoms with E-state index in [4.69, 9.17) is 16.3 Å². The highest BCUT2D eigenvalue weighted by Gasteiger charge is 2.33. The summed E-state index contributed by atoms with van der Waals surface area (Å²) in [5, 5.41) is 0.772. The number of hydrogen-bond acceptors (Lipinski definition) is 2. The molecule has 0 aromatic heterocycles. The van der Waals surface area contributed by atoms with Gasteiger partial charge in [-0.15, -0.1) is 0 Å². The van der Waals surface area contributed by atoms with Gasteiger partial charge >= 0.3 is 6.09 Å². The molecule has 22 heavy (non-hydrogen) atoms. The number of ether oxygens (including phenoxy) is 1. The SMILES string of the molecule is CC1(Cc2ccc(Cl)cc2)CCN(C(=O)OC(C)(C)C)CC1. The van der Waals surface area contributed by atoms with E-state index < -0.39 is 5.60 Å². The predicted molar refractivity (Wildman–Crippen MR) is 90.3 cm³/mol. The third-order valence-corrected chi connectivity index (χ3v) is 4.42. The largest absolute Gasteiger partial charge is 0.444 e. The number of carbonyl (C=O) groups excluding carboxylic acids is 1. The zero-order chi connectivity index (χ0) is 16.4. The van der Waals surface area contributed by atoms with E-state index in [1.807, 2.05) is 37.8 Å². The van der Waals surface area contributed by atoms with Crippen molar-refractivity contribution in [3.63, 3.8) is 0 Å². The number of likely N-dealkylation sites (tertiary alicyclic amines) is 1. The van der Waals surface area contributed by atoms with Gasteiger partial charge in [0, 0.05) is 18.1 Å². The van der Waals surface area contributed by atoms with Crippen LogP contribution in [0.15, 0.2) is 24.3 Å². The van der Waals surface area contributed by atoms with Crippen molar-refractivity contribution in [2.45, 2.75) is 52.6 Å². The molecular formula is C18H26ClNO2. The Kier molecular flexibility index (Phi) is 5.06. The van der Waals surface area contributed by atoms with Crippen LogP contribution < -0.4 is 0 Å². The van der Waals surface area contributed by atoms with Crippen LogP contribution >= 0.6 is 11.6 Å². The molecule has 4 heteroatoms. The Morgan fingerprint density at radius 3 is 2.27 bits per heavy atom. The van der Waals surface area contributed by atoms with Gasteiger partial charge in [-0.1, -0.05) is 30.7 Å².